The van der Waals surface area contributed by atoms with E-state index in [1.165, 1.54) is 5.56 Å². The van der Waals surface area contributed by atoms with Crippen LogP contribution in [0, 0.1) is 6.92 Å². The molecule has 2 rings (SSSR count). The van der Waals surface area contributed by atoms with Crippen molar-refractivity contribution in [1.82, 2.24) is 0 Å². The molecule has 0 aromatic heterocycles. The minimum absolute atomic E-state index is 0.0856. The van der Waals surface area contributed by atoms with Gasteiger partial charge in [0.1, 0.15) is 11.9 Å². The van der Waals surface area contributed by atoms with E-state index in [4.69, 9.17) is 16.3 Å². The zero-order chi connectivity index (χ0) is 13.7. The number of aryl methyl sites for hydroxylation is 1. The molecule has 1 unspecified atom stereocenters. The van der Waals surface area contributed by atoms with Crippen molar-refractivity contribution in [1.29, 1.82) is 0 Å². The molecule has 0 fully saturated rings. The summed E-state index contributed by atoms with van der Waals surface area (Å²) in [7, 11) is 0. The van der Waals surface area contributed by atoms with Crippen LogP contribution in [0.3, 0.4) is 0 Å². The quantitative estimate of drug-likeness (QED) is 0.866. The predicted octanol–water partition coefficient (Wildman–Crippen LogP) is 4.53. The summed E-state index contributed by atoms with van der Waals surface area (Å²) in [5, 5.41) is 4.07. The molecule has 1 N–H and O–H groups in total. The standard InChI is InChI=1S/C16H18ClNO/c1-12-3-7-15(8-4-12)18-11-13(2)19-16-9-5-14(17)6-10-16/h3-10,13,18H,11H2,1-2H3. The number of hydrogen-bond acceptors (Lipinski definition) is 2. The first-order chi connectivity index (χ1) is 9.13. The number of rotatable bonds is 5. The Morgan fingerprint density at radius 3 is 2.32 bits per heavy atom. The van der Waals surface area contributed by atoms with Gasteiger partial charge in [0, 0.05) is 10.7 Å². The summed E-state index contributed by atoms with van der Waals surface area (Å²) in [5.41, 5.74) is 2.37. The van der Waals surface area contributed by atoms with Crippen molar-refractivity contribution < 1.29 is 4.74 Å². The number of nitrogens with one attached hydrogen (secondary N) is 1. The van der Waals surface area contributed by atoms with E-state index >= 15 is 0 Å². The lowest BCUT2D eigenvalue weighted by atomic mass is 10.2. The van der Waals surface area contributed by atoms with Crippen LogP contribution in [0.2, 0.25) is 5.02 Å². The Bertz CT molecular complexity index is 507. The van der Waals surface area contributed by atoms with Crippen LogP contribution < -0.4 is 10.1 Å². The first-order valence-electron chi connectivity index (χ1n) is 6.36. The second kappa shape index (κ2) is 6.48. The van der Waals surface area contributed by atoms with Crippen molar-refractivity contribution in [2.45, 2.75) is 20.0 Å². The average molecular weight is 276 g/mol. The van der Waals surface area contributed by atoms with Gasteiger partial charge < -0.3 is 10.1 Å². The maximum Gasteiger partial charge on any atom is 0.119 e. The van der Waals surface area contributed by atoms with Crippen LogP contribution in [0.25, 0.3) is 0 Å². The maximum atomic E-state index is 5.83. The van der Waals surface area contributed by atoms with Gasteiger partial charge in [-0.3, -0.25) is 0 Å². The van der Waals surface area contributed by atoms with Crippen LogP contribution in [0.1, 0.15) is 12.5 Å². The van der Waals surface area contributed by atoms with Crippen molar-refractivity contribution >= 4 is 17.3 Å². The number of anilines is 1. The highest BCUT2D eigenvalue weighted by atomic mass is 35.5. The molecule has 0 radical (unpaired) electrons. The number of benzene rings is 2. The van der Waals surface area contributed by atoms with E-state index < -0.39 is 0 Å². The fourth-order valence-corrected chi connectivity index (χ4v) is 1.85. The molecule has 2 aromatic rings. The molecule has 0 aliphatic rings. The molecule has 0 saturated heterocycles. The molecule has 2 aromatic carbocycles. The Hall–Kier alpha value is -1.67. The van der Waals surface area contributed by atoms with E-state index in [-0.39, 0.29) is 6.10 Å². The Morgan fingerprint density at radius 1 is 1.05 bits per heavy atom. The van der Waals surface area contributed by atoms with E-state index in [9.17, 15) is 0 Å². The van der Waals surface area contributed by atoms with Crippen LogP contribution in [-0.2, 0) is 0 Å². The molecule has 3 heteroatoms. The monoisotopic (exact) mass is 275 g/mol. The predicted molar refractivity (Wildman–Crippen MR) is 81.2 cm³/mol. The molecule has 0 heterocycles. The van der Waals surface area contributed by atoms with Crippen molar-refractivity contribution in [2.24, 2.45) is 0 Å². The second-order valence-corrected chi connectivity index (χ2v) is 5.07. The molecule has 0 aliphatic carbocycles. The summed E-state index contributed by atoms with van der Waals surface area (Å²) < 4.78 is 5.79. The smallest absolute Gasteiger partial charge is 0.119 e. The summed E-state index contributed by atoms with van der Waals surface area (Å²) in [6, 6.07) is 15.7. The lowest BCUT2D eigenvalue weighted by Gasteiger charge is -2.16. The van der Waals surface area contributed by atoms with Gasteiger partial charge in [0.25, 0.3) is 0 Å². The van der Waals surface area contributed by atoms with Crippen LogP contribution in [0.4, 0.5) is 5.69 Å². The summed E-state index contributed by atoms with van der Waals surface area (Å²) in [5.74, 6) is 0.836. The molecule has 2 nitrogen and oxygen atoms in total. The minimum atomic E-state index is 0.0856. The molecule has 0 spiro atoms. The molecule has 19 heavy (non-hydrogen) atoms. The lowest BCUT2D eigenvalue weighted by molar-refractivity contribution is 0.235. The number of ether oxygens (including phenoxy) is 1. The Balaban J connectivity index is 1.82. The van der Waals surface area contributed by atoms with Crippen molar-refractivity contribution in [2.75, 3.05) is 11.9 Å². The molecule has 0 bridgehead atoms. The molecular formula is C16H18ClNO. The highest BCUT2D eigenvalue weighted by Gasteiger charge is 2.03. The minimum Gasteiger partial charge on any atom is -0.489 e. The van der Waals surface area contributed by atoms with Crippen LogP contribution in [0.5, 0.6) is 5.75 Å². The molecule has 1 atom stereocenters. The zero-order valence-corrected chi connectivity index (χ0v) is 11.9. The van der Waals surface area contributed by atoms with Gasteiger partial charge in [-0.15, -0.1) is 0 Å². The Labute approximate surface area is 119 Å². The van der Waals surface area contributed by atoms with E-state index in [2.05, 4.69) is 36.5 Å². The van der Waals surface area contributed by atoms with E-state index in [1.54, 1.807) is 0 Å². The largest absolute Gasteiger partial charge is 0.489 e. The van der Waals surface area contributed by atoms with Gasteiger partial charge in [-0.2, -0.15) is 0 Å². The maximum absolute atomic E-state index is 5.83. The van der Waals surface area contributed by atoms with Gasteiger partial charge in [-0.1, -0.05) is 29.3 Å². The number of halogens is 1. The molecule has 100 valence electrons. The third-order valence-corrected chi connectivity index (χ3v) is 3.05. The summed E-state index contributed by atoms with van der Waals surface area (Å²) >= 11 is 5.83. The molecule has 0 aliphatic heterocycles. The average Bonchev–Trinajstić information content (AvgIpc) is 2.41. The van der Waals surface area contributed by atoms with Gasteiger partial charge in [-0.25, -0.2) is 0 Å². The van der Waals surface area contributed by atoms with Crippen molar-refractivity contribution in [3.05, 3.63) is 59.1 Å². The third kappa shape index (κ3) is 4.49. The van der Waals surface area contributed by atoms with Gasteiger partial charge in [0.05, 0.1) is 6.54 Å². The highest BCUT2D eigenvalue weighted by Crippen LogP contribution is 2.17. The van der Waals surface area contributed by atoms with E-state index in [0.717, 1.165) is 23.0 Å². The van der Waals surface area contributed by atoms with Gasteiger partial charge in [0.2, 0.25) is 0 Å². The van der Waals surface area contributed by atoms with Crippen LogP contribution in [-0.4, -0.2) is 12.6 Å². The third-order valence-electron chi connectivity index (χ3n) is 2.80. The Kier molecular flexibility index (Phi) is 4.69. The summed E-state index contributed by atoms with van der Waals surface area (Å²) in [6.07, 6.45) is 0.0856. The van der Waals surface area contributed by atoms with Crippen LogP contribution >= 0.6 is 11.6 Å². The number of hydrogen-bond donors (Lipinski definition) is 1. The summed E-state index contributed by atoms with van der Waals surface area (Å²) in [4.78, 5) is 0. The Morgan fingerprint density at radius 2 is 1.68 bits per heavy atom. The van der Waals surface area contributed by atoms with E-state index in [1.807, 2.05) is 31.2 Å². The first kappa shape index (κ1) is 13.8. The lowest BCUT2D eigenvalue weighted by Crippen LogP contribution is -2.22. The highest BCUT2D eigenvalue weighted by molar-refractivity contribution is 6.30. The fourth-order valence-electron chi connectivity index (χ4n) is 1.72. The van der Waals surface area contributed by atoms with Gasteiger partial charge >= 0.3 is 0 Å². The van der Waals surface area contributed by atoms with Crippen molar-refractivity contribution in [3.63, 3.8) is 0 Å². The second-order valence-electron chi connectivity index (χ2n) is 4.63. The molecule has 0 amide bonds. The normalized spacial score (nSPS) is 11.9. The topological polar surface area (TPSA) is 21.3 Å². The summed E-state index contributed by atoms with van der Waals surface area (Å²) in [6.45, 7) is 4.87. The molecular weight excluding hydrogens is 258 g/mol. The van der Waals surface area contributed by atoms with Crippen LogP contribution in [0.15, 0.2) is 48.5 Å². The zero-order valence-electron chi connectivity index (χ0n) is 11.2. The molecule has 0 saturated carbocycles. The fraction of sp³-hybridized carbons (Fsp3) is 0.250. The first-order valence-corrected chi connectivity index (χ1v) is 6.74. The van der Waals surface area contributed by atoms with Crippen molar-refractivity contribution in [3.8, 4) is 5.75 Å². The van der Waals surface area contributed by atoms with Gasteiger partial charge in [-0.05, 0) is 50.2 Å². The SMILES string of the molecule is Cc1ccc(NCC(C)Oc2ccc(Cl)cc2)cc1. The van der Waals surface area contributed by atoms with Gasteiger partial charge in [0.15, 0.2) is 0 Å². The van der Waals surface area contributed by atoms with E-state index in [0.29, 0.717) is 0 Å².